The minimum atomic E-state index is -0.355. The fourth-order valence-corrected chi connectivity index (χ4v) is 1.60. The van der Waals surface area contributed by atoms with E-state index in [9.17, 15) is 4.79 Å². The molecule has 2 aromatic rings. The molecule has 3 N–H and O–H groups in total. The predicted octanol–water partition coefficient (Wildman–Crippen LogP) is 0.522. The molecule has 3 heterocycles. The second kappa shape index (κ2) is 4.37. The molecule has 0 aliphatic carbocycles. The fraction of sp³-hybridized carbons (Fsp3) is 0. The highest BCUT2D eigenvalue weighted by Gasteiger charge is 2.18. The summed E-state index contributed by atoms with van der Waals surface area (Å²) >= 11 is 0. The Labute approximate surface area is 107 Å². The maximum atomic E-state index is 11.4. The summed E-state index contributed by atoms with van der Waals surface area (Å²) < 4.78 is 5.52. The van der Waals surface area contributed by atoms with Crippen LogP contribution < -0.4 is 11.1 Å². The van der Waals surface area contributed by atoms with Gasteiger partial charge in [0.2, 0.25) is 5.96 Å². The lowest BCUT2D eigenvalue weighted by Gasteiger charge is -1.93. The second-order valence-electron chi connectivity index (χ2n) is 3.76. The van der Waals surface area contributed by atoms with Crippen molar-refractivity contribution in [3.05, 3.63) is 42.1 Å². The molecule has 0 saturated heterocycles. The van der Waals surface area contributed by atoms with Crippen LogP contribution in [0.4, 0.5) is 0 Å². The van der Waals surface area contributed by atoms with Crippen LogP contribution in [0.5, 0.6) is 0 Å². The van der Waals surface area contributed by atoms with Crippen molar-refractivity contribution in [2.45, 2.75) is 0 Å². The molecule has 0 unspecified atom stereocenters. The molecule has 19 heavy (non-hydrogen) atoms. The number of carbonyl (C=O) groups is 1. The first-order valence-electron chi connectivity index (χ1n) is 5.47. The van der Waals surface area contributed by atoms with Crippen LogP contribution in [0.25, 0.3) is 17.7 Å². The third kappa shape index (κ3) is 2.21. The molecule has 2 aromatic heterocycles. The molecule has 7 heteroatoms. The van der Waals surface area contributed by atoms with Crippen molar-refractivity contribution < 1.29 is 9.21 Å². The first-order valence-corrected chi connectivity index (χ1v) is 5.47. The van der Waals surface area contributed by atoms with E-state index in [1.54, 1.807) is 30.6 Å². The van der Waals surface area contributed by atoms with E-state index in [-0.39, 0.29) is 17.6 Å². The number of furan rings is 1. The number of hydrogen-bond donors (Lipinski definition) is 2. The standard InChI is InChI=1S/C12H9N5O2/c13-12-16-8(11(18)17-12)6-7-2-3-9(19-7)10-14-4-1-5-15-10/h1-6H,(H3,13,16,17,18)/b8-6+. The monoisotopic (exact) mass is 255 g/mol. The molecule has 0 saturated carbocycles. The normalized spacial score (nSPS) is 16.5. The molecule has 0 atom stereocenters. The Hall–Kier alpha value is -2.96. The van der Waals surface area contributed by atoms with Crippen molar-refractivity contribution in [3.63, 3.8) is 0 Å². The van der Waals surface area contributed by atoms with Crippen molar-refractivity contribution in [2.75, 3.05) is 0 Å². The highest BCUT2D eigenvalue weighted by molar-refractivity contribution is 6.13. The molecule has 0 spiro atoms. The Morgan fingerprint density at radius 3 is 2.74 bits per heavy atom. The summed E-state index contributed by atoms with van der Waals surface area (Å²) in [5, 5.41) is 2.38. The summed E-state index contributed by atoms with van der Waals surface area (Å²) in [6.07, 6.45) is 4.75. The third-order valence-electron chi connectivity index (χ3n) is 2.41. The molecular formula is C12H9N5O2. The van der Waals surface area contributed by atoms with Crippen molar-refractivity contribution in [3.8, 4) is 11.6 Å². The summed E-state index contributed by atoms with van der Waals surface area (Å²) in [7, 11) is 0. The first kappa shape index (κ1) is 11.1. The van der Waals surface area contributed by atoms with Gasteiger partial charge in [0.05, 0.1) is 0 Å². The largest absolute Gasteiger partial charge is 0.453 e. The van der Waals surface area contributed by atoms with Crippen molar-refractivity contribution in [2.24, 2.45) is 10.7 Å². The predicted molar refractivity (Wildman–Crippen MR) is 67.5 cm³/mol. The van der Waals surface area contributed by atoms with E-state index < -0.39 is 0 Å². The quantitative estimate of drug-likeness (QED) is 0.761. The van der Waals surface area contributed by atoms with Gasteiger partial charge >= 0.3 is 0 Å². The van der Waals surface area contributed by atoms with Gasteiger partial charge < -0.3 is 10.2 Å². The molecule has 0 radical (unpaired) electrons. The SMILES string of the molecule is NC1=N/C(=C/c2ccc(-c3ncccn3)o2)C(=O)N1. The van der Waals surface area contributed by atoms with E-state index in [0.717, 1.165) is 0 Å². The number of guanidine groups is 1. The number of aliphatic imine (C=N–C) groups is 1. The smallest absolute Gasteiger partial charge is 0.276 e. The average molecular weight is 255 g/mol. The zero-order chi connectivity index (χ0) is 13.2. The summed E-state index contributed by atoms with van der Waals surface area (Å²) in [6, 6.07) is 5.15. The van der Waals surface area contributed by atoms with Gasteiger partial charge in [0.15, 0.2) is 11.6 Å². The summed E-state index contributed by atoms with van der Waals surface area (Å²) in [4.78, 5) is 23.4. The Morgan fingerprint density at radius 1 is 1.26 bits per heavy atom. The molecule has 3 rings (SSSR count). The molecule has 94 valence electrons. The van der Waals surface area contributed by atoms with E-state index in [1.807, 2.05) is 0 Å². The van der Waals surface area contributed by atoms with Gasteiger partial charge in [-0.1, -0.05) is 0 Å². The Balaban J connectivity index is 1.91. The fourth-order valence-electron chi connectivity index (χ4n) is 1.60. The van der Waals surface area contributed by atoms with Crippen molar-refractivity contribution in [1.29, 1.82) is 0 Å². The number of rotatable bonds is 2. The van der Waals surface area contributed by atoms with Gasteiger partial charge in [-0.2, -0.15) is 0 Å². The Morgan fingerprint density at radius 2 is 2.05 bits per heavy atom. The zero-order valence-corrected chi connectivity index (χ0v) is 9.70. The maximum Gasteiger partial charge on any atom is 0.276 e. The van der Waals surface area contributed by atoms with Gasteiger partial charge in [-0.15, -0.1) is 0 Å². The van der Waals surface area contributed by atoms with Crippen LogP contribution in [-0.2, 0) is 4.79 Å². The van der Waals surface area contributed by atoms with Gasteiger partial charge in [-0.3, -0.25) is 10.1 Å². The van der Waals surface area contributed by atoms with E-state index in [4.69, 9.17) is 10.2 Å². The number of hydrogen-bond acceptors (Lipinski definition) is 6. The Bertz CT molecular complexity index is 687. The molecule has 1 amide bonds. The van der Waals surface area contributed by atoms with Crippen molar-refractivity contribution in [1.82, 2.24) is 15.3 Å². The molecule has 1 aliphatic heterocycles. The zero-order valence-electron chi connectivity index (χ0n) is 9.70. The van der Waals surface area contributed by atoms with Crippen LogP contribution in [0.1, 0.15) is 5.76 Å². The van der Waals surface area contributed by atoms with Crippen LogP contribution in [-0.4, -0.2) is 21.8 Å². The number of nitrogens with zero attached hydrogens (tertiary/aromatic N) is 3. The van der Waals surface area contributed by atoms with Gasteiger partial charge in [-0.25, -0.2) is 15.0 Å². The van der Waals surface area contributed by atoms with E-state index in [0.29, 0.717) is 17.3 Å². The maximum absolute atomic E-state index is 11.4. The van der Waals surface area contributed by atoms with Crippen LogP contribution in [0.2, 0.25) is 0 Å². The lowest BCUT2D eigenvalue weighted by molar-refractivity contribution is -0.115. The number of nitrogens with two attached hydrogens (primary N) is 1. The second-order valence-corrected chi connectivity index (χ2v) is 3.76. The molecule has 0 aromatic carbocycles. The average Bonchev–Trinajstić information content (AvgIpc) is 2.99. The summed E-state index contributed by atoms with van der Waals surface area (Å²) in [5.74, 6) is 1.20. The van der Waals surface area contributed by atoms with Crippen LogP contribution >= 0.6 is 0 Å². The lowest BCUT2D eigenvalue weighted by Crippen LogP contribution is -2.30. The number of nitrogens with one attached hydrogen (secondary N) is 1. The van der Waals surface area contributed by atoms with Crippen LogP contribution in [0.3, 0.4) is 0 Å². The number of amides is 1. The number of aromatic nitrogens is 2. The molecule has 1 aliphatic rings. The van der Waals surface area contributed by atoms with E-state index in [1.165, 1.54) is 6.08 Å². The first-order chi connectivity index (χ1) is 9.22. The van der Waals surface area contributed by atoms with Gasteiger partial charge in [-0.05, 0) is 18.2 Å². The van der Waals surface area contributed by atoms with Crippen LogP contribution in [0, 0.1) is 0 Å². The van der Waals surface area contributed by atoms with E-state index >= 15 is 0 Å². The summed E-state index contributed by atoms with van der Waals surface area (Å²) in [5.41, 5.74) is 5.59. The molecule has 0 bridgehead atoms. The Kier molecular flexibility index (Phi) is 2.57. The highest BCUT2D eigenvalue weighted by atomic mass is 16.3. The molecule has 7 nitrogen and oxygen atoms in total. The van der Waals surface area contributed by atoms with Crippen molar-refractivity contribution >= 4 is 17.9 Å². The lowest BCUT2D eigenvalue weighted by atomic mass is 10.3. The third-order valence-corrected chi connectivity index (χ3v) is 2.41. The van der Waals surface area contributed by atoms with Crippen LogP contribution in [0.15, 0.2) is 45.7 Å². The van der Waals surface area contributed by atoms with Gasteiger partial charge in [0.1, 0.15) is 11.5 Å². The minimum absolute atomic E-state index is 0.0782. The van der Waals surface area contributed by atoms with Gasteiger partial charge in [0, 0.05) is 18.5 Å². The molecular weight excluding hydrogens is 246 g/mol. The minimum Gasteiger partial charge on any atom is -0.453 e. The summed E-state index contributed by atoms with van der Waals surface area (Å²) in [6.45, 7) is 0. The topological polar surface area (TPSA) is 106 Å². The van der Waals surface area contributed by atoms with E-state index in [2.05, 4.69) is 20.3 Å². The number of carbonyl (C=O) groups excluding carboxylic acids is 1. The highest BCUT2D eigenvalue weighted by Crippen LogP contribution is 2.20. The van der Waals surface area contributed by atoms with Gasteiger partial charge in [0.25, 0.3) is 5.91 Å². The molecule has 0 fully saturated rings.